The largest absolute Gasteiger partial charge is 0.521 e. The first kappa shape index (κ1) is 18.4. The molecule has 130 valence electrons. The van der Waals surface area contributed by atoms with E-state index in [4.69, 9.17) is 8.85 Å². The highest BCUT2D eigenvalue weighted by Gasteiger charge is 2.52. The van der Waals surface area contributed by atoms with Crippen LogP contribution in [0.15, 0.2) is 0 Å². The highest BCUT2D eigenvalue weighted by molar-refractivity contribution is 6.61. The molecule has 2 unspecified atom stereocenters. The van der Waals surface area contributed by atoms with E-state index in [-0.39, 0.29) is 0 Å². The van der Waals surface area contributed by atoms with Gasteiger partial charge in [-0.25, -0.2) is 0 Å². The number of rotatable bonds is 8. The lowest BCUT2D eigenvalue weighted by molar-refractivity contribution is 0.0452. The predicted octanol–water partition coefficient (Wildman–Crippen LogP) is 3.35. The number of piperidine rings is 1. The standard InChI is InChI=1S/C17H36N2O2Si/c1-5-12-18(13-6-2)22(20-3,21-4)19-14-11-16-9-7-8-10-17(16)15-19/h16-17H,5-15H2,1-4H3. The Balaban J connectivity index is 2.14. The Bertz CT molecular complexity index is 320. The maximum Gasteiger partial charge on any atom is 0.521 e. The van der Waals surface area contributed by atoms with Crippen molar-refractivity contribution in [3.05, 3.63) is 0 Å². The molecule has 0 radical (unpaired) electrons. The van der Waals surface area contributed by atoms with Crippen LogP contribution in [0.3, 0.4) is 0 Å². The van der Waals surface area contributed by atoms with Crippen molar-refractivity contribution in [2.45, 2.75) is 58.8 Å². The molecule has 0 bridgehead atoms. The van der Waals surface area contributed by atoms with E-state index in [9.17, 15) is 0 Å². The van der Waals surface area contributed by atoms with E-state index in [0.717, 1.165) is 44.3 Å². The molecule has 2 atom stereocenters. The predicted molar refractivity (Wildman–Crippen MR) is 93.6 cm³/mol. The summed E-state index contributed by atoms with van der Waals surface area (Å²) in [7, 11) is 1.30. The fraction of sp³-hybridized carbons (Fsp3) is 1.00. The molecule has 1 aliphatic carbocycles. The summed E-state index contributed by atoms with van der Waals surface area (Å²) in [6.07, 6.45) is 9.34. The highest BCUT2D eigenvalue weighted by Crippen LogP contribution is 2.38. The summed E-state index contributed by atoms with van der Waals surface area (Å²) >= 11 is 0. The Morgan fingerprint density at radius 2 is 1.55 bits per heavy atom. The van der Waals surface area contributed by atoms with Crippen LogP contribution in [0, 0.1) is 11.8 Å². The molecule has 22 heavy (non-hydrogen) atoms. The fourth-order valence-electron chi connectivity index (χ4n) is 4.59. The second kappa shape index (κ2) is 8.78. The van der Waals surface area contributed by atoms with Crippen LogP contribution in [-0.4, -0.2) is 58.4 Å². The van der Waals surface area contributed by atoms with Gasteiger partial charge in [0.05, 0.1) is 0 Å². The maximum atomic E-state index is 6.14. The Hall–Kier alpha value is 0.0569. The van der Waals surface area contributed by atoms with E-state index in [0.29, 0.717) is 0 Å². The second-order valence-corrected chi connectivity index (χ2v) is 10.2. The number of hydrogen-bond donors (Lipinski definition) is 0. The third kappa shape index (κ3) is 3.75. The first-order chi connectivity index (χ1) is 10.7. The third-order valence-corrected chi connectivity index (χ3v) is 9.12. The molecule has 1 saturated heterocycles. The van der Waals surface area contributed by atoms with Crippen molar-refractivity contribution in [2.24, 2.45) is 11.8 Å². The van der Waals surface area contributed by atoms with E-state index in [1.807, 2.05) is 14.2 Å². The van der Waals surface area contributed by atoms with Crippen LogP contribution in [0.1, 0.15) is 58.8 Å². The lowest BCUT2D eigenvalue weighted by Crippen LogP contribution is -2.71. The monoisotopic (exact) mass is 328 g/mol. The van der Waals surface area contributed by atoms with Gasteiger partial charge in [-0.1, -0.05) is 33.1 Å². The molecule has 0 aromatic heterocycles. The zero-order valence-electron chi connectivity index (χ0n) is 15.1. The van der Waals surface area contributed by atoms with Gasteiger partial charge in [-0.15, -0.1) is 0 Å². The van der Waals surface area contributed by atoms with Gasteiger partial charge in [0.25, 0.3) is 0 Å². The molecule has 1 aliphatic heterocycles. The molecule has 0 amide bonds. The van der Waals surface area contributed by atoms with Crippen molar-refractivity contribution in [3.63, 3.8) is 0 Å². The minimum Gasteiger partial charge on any atom is -0.374 e. The molecule has 2 aliphatic rings. The lowest BCUT2D eigenvalue weighted by Gasteiger charge is -2.50. The van der Waals surface area contributed by atoms with E-state index in [1.54, 1.807) is 0 Å². The fourth-order valence-corrected chi connectivity index (χ4v) is 8.08. The Kier molecular flexibility index (Phi) is 7.34. The zero-order valence-corrected chi connectivity index (χ0v) is 16.1. The minimum absolute atomic E-state index is 0.866. The topological polar surface area (TPSA) is 24.9 Å². The van der Waals surface area contributed by atoms with Gasteiger partial charge in [-0.05, 0) is 63.7 Å². The summed E-state index contributed by atoms with van der Waals surface area (Å²) in [6, 6.07) is 0. The molecule has 1 heterocycles. The van der Waals surface area contributed by atoms with Crippen molar-refractivity contribution >= 4 is 8.88 Å². The van der Waals surface area contributed by atoms with E-state index in [2.05, 4.69) is 23.0 Å². The summed E-state index contributed by atoms with van der Waals surface area (Å²) < 4.78 is 17.4. The second-order valence-electron chi connectivity index (χ2n) is 6.98. The summed E-state index contributed by atoms with van der Waals surface area (Å²) in [5.41, 5.74) is 0. The third-order valence-electron chi connectivity index (χ3n) is 5.61. The molecule has 0 aromatic rings. The van der Waals surface area contributed by atoms with Crippen LogP contribution < -0.4 is 0 Å². The molecule has 2 rings (SSSR count). The molecule has 0 N–H and O–H groups in total. The number of fused-ring (bicyclic) bond motifs is 1. The van der Waals surface area contributed by atoms with Crippen LogP contribution in [0.5, 0.6) is 0 Å². The molecule has 0 aromatic carbocycles. The first-order valence-electron chi connectivity index (χ1n) is 9.32. The van der Waals surface area contributed by atoms with Gasteiger partial charge in [-0.3, -0.25) is 9.13 Å². The van der Waals surface area contributed by atoms with Gasteiger partial charge < -0.3 is 8.85 Å². The number of nitrogens with zero attached hydrogens (tertiary/aromatic N) is 2. The Labute approximate surface area is 138 Å². The Morgan fingerprint density at radius 3 is 2.09 bits per heavy atom. The molecule has 4 nitrogen and oxygen atoms in total. The average molecular weight is 329 g/mol. The van der Waals surface area contributed by atoms with Crippen molar-refractivity contribution in [1.29, 1.82) is 0 Å². The molecule has 5 heteroatoms. The van der Waals surface area contributed by atoms with E-state index in [1.165, 1.54) is 38.6 Å². The van der Waals surface area contributed by atoms with Gasteiger partial charge >= 0.3 is 8.88 Å². The summed E-state index contributed by atoms with van der Waals surface area (Å²) in [6.45, 7) is 8.99. The smallest absolute Gasteiger partial charge is 0.374 e. The van der Waals surface area contributed by atoms with E-state index >= 15 is 0 Å². The van der Waals surface area contributed by atoms with Crippen molar-refractivity contribution in [2.75, 3.05) is 40.4 Å². The SMILES string of the molecule is CCCN(CCC)[Si](OC)(OC)N1CCC2CCCCC2C1. The van der Waals surface area contributed by atoms with E-state index < -0.39 is 8.88 Å². The highest BCUT2D eigenvalue weighted by atomic mass is 28.4. The molecule has 1 saturated carbocycles. The summed E-state index contributed by atoms with van der Waals surface area (Å²) in [5, 5.41) is 0. The summed E-state index contributed by atoms with van der Waals surface area (Å²) in [4.78, 5) is 0. The molecular formula is C17H36N2O2Si. The average Bonchev–Trinajstić information content (AvgIpc) is 2.57. The lowest BCUT2D eigenvalue weighted by atomic mass is 9.76. The van der Waals surface area contributed by atoms with Crippen LogP contribution in [0.25, 0.3) is 0 Å². The zero-order chi connectivity index (χ0) is 16.0. The normalized spacial score (nSPS) is 27.1. The molecule has 0 spiro atoms. The quantitative estimate of drug-likeness (QED) is 0.638. The van der Waals surface area contributed by atoms with Crippen LogP contribution in [0.4, 0.5) is 0 Å². The van der Waals surface area contributed by atoms with Crippen LogP contribution in [-0.2, 0) is 8.85 Å². The summed E-state index contributed by atoms with van der Waals surface area (Å²) in [5.74, 6) is 1.82. The van der Waals surface area contributed by atoms with Crippen molar-refractivity contribution < 1.29 is 8.85 Å². The van der Waals surface area contributed by atoms with Crippen molar-refractivity contribution in [3.8, 4) is 0 Å². The first-order valence-corrected chi connectivity index (χ1v) is 11.0. The maximum absolute atomic E-state index is 6.14. The molecular weight excluding hydrogens is 292 g/mol. The van der Waals surface area contributed by atoms with Crippen molar-refractivity contribution in [1.82, 2.24) is 9.13 Å². The van der Waals surface area contributed by atoms with Crippen LogP contribution >= 0.6 is 0 Å². The van der Waals surface area contributed by atoms with Gasteiger partial charge in [0, 0.05) is 14.2 Å². The molecule has 2 fully saturated rings. The van der Waals surface area contributed by atoms with Gasteiger partial charge in [0.15, 0.2) is 0 Å². The minimum atomic E-state index is -2.42. The Morgan fingerprint density at radius 1 is 0.955 bits per heavy atom. The van der Waals surface area contributed by atoms with Crippen LogP contribution in [0.2, 0.25) is 0 Å². The van der Waals surface area contributed by atoms with Gasteiger partial charge in [0.1, 0.15) is 0 Å². The number of hydrogen-bond acceptors (Lipinski definition) is 4. The van der Waals surface area contributed by atoms with Gasteiger partial charge in [-0.2, -0.15) is 0 Å². The van der Waals surface area contributed by atoms with Gasteiger partial charge in [0.2, 0.25) is 0 Å².